The van der Waals surface area contributed by atoms with Gasteiger partial charge in [0.25, 0.3) is 5.91 Å². The molecule has 0 spiro atoms. The van der Waals surface area contributed by atoms with Gasteiger partial charge in [-0.05, 0) is 25.0 Å². The highest BCUT2D eigenvalue weighted by molar-refractivity contribution is 7.90. The lowest BCUT2D eigenvalue weighted by Gasteiger charge is -2.29. The van der Waals surface area contributed by atoms with E-state index in [-0.39, 0.29) is 22.8 Å². The number of carbonyl (C=O) groups excluding carboxylic acids is 1. The van der Waals surface area contributed by atoms with Crippen molar-refractivity contribution >= 4 is 21.3 Å². The van der Waals surface area contributed by atoms with E-state index in [1.165, 1.54) is 4.40 Å². The van der Waals surface area contributed by atoms with Crippen LogP contribution in [0.15, 0.2) is 29.6 Å². The fraction of sp³-hybridized carbons (Fsp3) is 0.529. The summed E-state index contributed by atoms with van der Waals surface area (Å²) in [4.78, 5) is 19.1. The van der Waals surface area contributed by atoms with Crippen LogP contribution in [0.3, 0.4) is 0 Å². The average Bonchev–Trinajstić information content (AvgIpc) is 2.98. The van der Waals surface area contributed by atoms with Gasteiger partial charge < -0.3 is 9.64 Å². The van der Waals surface area contributed by atoms with Gasteiger partial charge in [-0.15, -0.1) is 0 Å². The summed E-state index contributed by atoms with van der Waals surface area (Å²) in [5.41, 5.74) is 0.644. The van der Waals surface area contributed by atoms with Crippen molar-refractivity contribution in [3.63, 3.8) is 0 Å². The highest BCUT2D eigenvalue weighted by Crippen LogP contribution is 2.20. The van der Waals surface area contributed by atoms with E-state index >= 15 is 0 Å². The van der Waals surface area contributed by atoms with Crippen LogP contribution in [0.4, 0.5) is 0 Å². The van der Waals surface area contributed by atoms with Crippen molar-refractivity contribution in [3.05, 3.63) is 30.1 Å². The van der Waals surface area contributed by atoms with Crippen LogP contribution in [0.25, 0.3) is 5.52 Å². The Kier molecular flexibility index (Phi) is 6.18. The fourth-order valence-electron chi connectivity index (χ4n) is 2.93. The van der Waals surface area contributed by atoms with Gasteiger partial charge in [0, 0.05) is 32.1 Å². The van der Waals surface area contributed by atoms with Gasteiger partial charge in [0.1, 0.15) is 0 Å². The van der Waals surface area contributed by atoms with E-state index in [1.807, 2.05) is 13.8 Å². The third-order valence-corrected chi connectivity index (χ3v) is 5.18. The van der Waals surface area contributed by atoms with Crippen molar-refractivity contribution in [1.29, 1.82) is 0 Å². The third kappa shape index (κ3) is 4.01. The molecule has 0 atom stereocenters. The molecule has 2 aromatic rings. The normalized spacial score (nSPS) is 12.0. The molecule has 0 aromatic carbocycles. The second kappa shape index (κ2) is 7.97. The Hall–Kier alpha value is -1.93. The second-order valence-electron chi connectivity index (χ2n) is 5.93. The van der Waals surface area contributed by atoms with E-state index in [9.17, 15) is 13.2 Å². The summed E-state index contributed by atoms with van der Waals surface area (Å²) in [6, 6.07) is 5.22. The molecule has 0 aliphatic rings. The highest BCUT2D eigenvalue weighted by atomic mass is 32.2. The van der Waals surface area contributed by atoms with Crippen LogP contribution in [0.5, 0.6) is 0 Å². The largest absolute Gasteiger partial charge is 0.383 e. The minimum Gasteiger partial charge on any atom is -0.383 e. The molecule has 0 aliphatic heterocycles. The summed E-state index contributed by atoms with van der Waals surface area (Å²) >= 11 is 0. The van der Waals surface area contributed by atoms with Crippen molar-refractivity contribution in [3.8, 4) is 0 Å². The number of aromatic nitrogens is 2. The number of pyridine rings is 1. The molecular formula is C17H25N3O4S. The number of amides is 1. The summed E-state index contributed by atoms with van der Waals surface area (Å²) in [6.45, 7) is 4.89. The zero-order valence-electron chi connectivity index (χ0n) is 15.1. The van der Waals surface area contributed by atoms with Crippen LogP contribution < -0.4 is 0 Å². The first-order valence-electron chi connectivity index (χ1n) is 8.32. The molecule has 1 amide bonds. The topological polar surface area (TPSA) is 81.0 Å². The van der Waals surface area contributed by atoms with Gasteiger partial charge in [-0.3, -0.25) is 9.20 Å². The Morgan fingerprint density at radius 1 is 1.32 bits per heavy atom. The molecule has 0 saturated heterocycles. The molecule has 2 aromatic heterocycles. The number of fused-ring (bicyclic) bond motifs is 1. The second-order valence-corrected chi connectivity index (χ2v) is 7.84. The number of carbonyl (C=O) groups is 1. The quantitative estimate of drug-likeness (QED) is 0.713. The average molecular weight is 367 g/mol. The van der Waals surface area contributed by atoms with Gasteiger partial charge in [-0.2, -0.15) is 0 Å². The third-order valence-electron chi connectivity index (χ3n) is 4.23. The van der Waals surface area contributed by atoms with Gasteiger partial charge in [0.2, 0.25) is 15.0 Å². The van der Waals surface area contributed by atoms with Gasteiger partial charge in [-0.1, -0.05) is 19.9 Å². The van der Waals surface area contributed by atoms with Gasteiger partial charge in [-0.25, -0.2) is 13.4 Å². The standard InChI is InChI=1S/C17H25N3O4S/c1-5-13(6-2)19(11-12-24-3)16(21)15-14-9-7-8-10-20(14)17(18-15)25(4,22)23/h7-10,13H,5-6,11-12H2,1-4H3. The van der Waals surface area contributed by atoms with Crippen molar-refractivity contribution in [2.24, 2.45) is 0 Å². The summed E-state index contributed by atoms with van der Waals surface area (Å²) in [5, 5.41) is -0.123. The molecule has 0 bridgehead atoms. The summed E-state index contributed by atoms with van der Waals surface area (Å²) in [6.07, 6.45) is 4.30. The summed E-state index contributed by atoms with van der Waals surface area (Å²) in [7, 11) is -1.97. The lowest BCUT2D eigenvalue weighted by Crippen LogP contribution is -2.42. The van der Waals surface area contributed by atoms with Crippen molar-refractivity contribution in [2.75, 3.05) is 26.5 Å². The van der Waals surface area contributed by atoms with E-state index in [0.717, 1.165) is 19.1 Å². The van der Waals surface area contributed by atoms with Crippen LogP contribution in [0, 0.1) is 0 Å². The molecular weight excluding hydrogens is 342 g/mol. The number of methoxy groups -OCH3 is 1. The molecule has 25 heavy (non-hydrogen) atoms. The zero-order chi connectivity index (χ0) is 18.6. The Bertz CT molecular complexity index is 841. The van der Waals surface area contributed by atoms with Crippen molar-refractivity contribution in [1.82, 2.24) is 14.3 Å². The van der Waals surface area contributed by atoms with E-state index in [0.29, 0.717) is 18.7 Å². The molecule has 0 aliphatic carbocycles. The molecule has 8 heteroatoms. The van der Waals surface area contributed by atoms with Crippen LogP contribution in [0.1, 0.15) is 37.2 Å². The Morgan fingerprint density at radius 3 is 2.56 bits per heavy atom. The number of hydrogen-bond donors (Lipinski definition) is 0. The molecule has 0 N–H and O–H groups in total. The molecule has 0 unspecified atom stereocenters. The molecule has 2 rings (SSSR count). The summed E-state index contributed by atoms with van der Waals surface area (Å²) in [5.74, 6) is -0.274. The van der Waals surface area contributed by atoms with Crippen molar-refractivity contribution < 1.29 is 17.9 Å². The Labute approximate surface area is 148 Å². The summed E-state index contributed by atoms with van der Waals surface area (Å²) < 4.78 is 30.7. The first-order chi connectivity index (χ1) is 11.8. The van der Waals surface area contributed by atoms with Gasteiger partial charge >= 0.3 is 0 Å². The molecule has 2 heterocycles. The van der Waals surface area contributed by atoms with Crippen LogP contribution in [-0.2, 0) is 14.6 Å². The van der Waals surface area contributed by atoms with Crippen LogP contribution in [-0.4, -0.2) is 61.2 Å². The van der Waals surface area contributed by atoms with E-state index in [1.54, 1.807) is 36.4 Å². The molecule has 0 fully saturated rings. The smallest absolute Gasteiger partial charge is 0.275 e. The van der Waals surface area contributed by atoms with Crippen molar-refractivity contribution in [2.45, 2.75) is 37.9 Å². The maximum Gasteiger partial charge on any atom is 0.275 e. The zero-order valence-corrected chi connectivity index (χ0v) is 15.9. The van der Waals surface area contributed by atoms with Gasteiger partial charge in [0.05, 0.1) is 12.1 Å². The minimum absolute atomic E-state index is 0.0461. The van der Waals surface area contributed by atoms with E-state index in [4.69, 9.17) is 4.74 Å². The molecule has 0 radical (unpaired) electrons. The van der Waals surface area contributed by atoms with Gasteiger partial charge in [0.15, 0.2) is 5.69 Å². The number of imidazole rings is 1. The van der Waals surface area contributed by atoms with Crippen LogP contribution in [0.2, 0.25) is 0 Å². The first-order valence-corrected chi connectivity index (χ1v) is 10.2. The molecule has 138 valence electrons. The number of rotatable bonds is 8. The predicted octanol–water partition coefficient (Wildman–Crippen LogP) is 2.01. The number of nitrogens with zero attached hydrogens (tertiary/aromatic N) is 3. The maximum absolute atomic E-state index is 13.2. The SMILES string of the molecule is CCC(CC)N(CCOC)C(=O)c1nc(S(C)(=O)=O)n2ccccc12. The monoisotopic (exact) mass is 367 g/mol. The van der Waals surface area contributed by atoms with E-state index in [2.05, 4.69) is 4.98 Å². The number of hydrogen-bond acceptors (Lipinski definition) is 5. The van der Waals surface area contributed by atoms with Crippen LogP contribution >= 0.6 is 0 Å². The molecule has 7 nitrogen and oxygen atoms in total. The lowest BCUT2D eigenvalue weighted by atomic mass is 10.1. The first kappa shape index (κ1) is 19.4. The highest BCUT2D eigenvalue weighted by Gasteiger charge is 2.28. The maximum atomic E-state index is 13.2. The lowest BCUT2D eigenvalue weighted by molar-refractivity contribution is 0.0586. The number of ether oxygens (including phenoxy) is 1. The Morgan fingerprint density at radius 2 is 2.00 bits per heavy atom. The predicted molar refractivity (Wildman–Crippen MR) is 95.6 cm³/mol. The fourth-order valence-corrected chi connectivity index (χ4v) is 3.71. The Balaban J connectivity index is 2.56. The van der Waals surface area contributed by atoms with E-state index < -0.39 is 9.84 Å². The number of sulfone groups is 1. The molecule has 0 saturated carbocycles. The minimum atomic E-state index is -3.56.